The van der Waals surface area contributed by atoms with Gasteiger partial charge in [0.1, 0.15) is 0 Å². The second kappa shape index (κ2) is 5.83. The van der Waals surface area contributed by atoms with Crippen molar-refractivity contribution in [2.45, 2.75) is 46.1 Å². The molecule has 1 rings (SSSR count). The van der Waals surface area contributed by atoms with Gasteiger partial charge in [0.2, 0.25) is 0 Å². The molecule has 0 aromatic heterocycles. The Labute approximate surface area is 105 Å². The van der Waals surface area contributed by atoms with Gasteiger partial charge < -0.3 is 15.7 Å². The molecule has 4 heteroatoms. The number of hydrogen-bond acceptors (Lipinski definition) is 3. The lowest BCUT2D eigenvalue weighted by atomic mass is 9.86. The van der Waals surface area contributed by atoms with E-state index in [-0.39, 0.29) is 17.4 Å². The number of aliphatic hydroxyl groups is 1. The van der Waals surface area contributed by atoms with E-state index in [1.54, 1.807) is 0 Å². The minimum atomic E-state index is -0.186. The predicted molar refractivity (Wildman–Crippen MR) is 71.2 cm³/mol. The van der Waals surface area contributed by atoms with E-state index in [1.165, 1.54) is 0 Å². The van der Waals surface area contributed by atoms with Crippen LogP contribution >= 0.6 is 0 Å². The number of likely N-dealkylation sites (tertiary alicyclic amines) is 1. The molecule has 2 atom stereocenters. The molecule has 0 aliphatic carbocycles. The lowest BCUT2D eigenvalue weighted by Gasteiger charge is -2.24. The molecule has 0 radical (unpaired) electrons. The molecule has 4 N–H and O–H groups in total. The van der Waals surface area contributed by atoms with Gasteiger partial charge in [-0.15, -0.1) is 0 Å². The van der Waals surface area contributed by atoms with Crippen LogP contribution in [-0.2, 0) is 0 Å². The summed E-state index contributed by atoms with van der Waals surface area (Å²) in [4.78, 5) is 2.41. The van der Waals surface area contributed by atoms with E-state index in [1.807, 2.05) is 20.8 Å². The van der Waals surface area contributed by atoms with Crippen LogP contribution in [0.4, 0.5) is 0 Å². The van der Waals surface area contributed by atoms with Crippen molar-refractivity contribution in [1.82, 2.24) is 4.90 Å². The molecule has 100 valence electrons. The molecular formula is C13H27N3O. The summed E-state index contributed by atoms with van der Waals surface area (Å²) in [5.74, 6) is 0.719. The number of nitrogens with one attached hydrogen (secondary N) is 1. The molecule has 0 aromatic rings. The topological polar surface area (TPSA) is 73.3 Å². The summed E-state index contributed by atoms with van der Waals surface area (Å²) >= 11 is 0. The van der Waals surface area contributed by atoms with Gasteiger partial charge in [0.15, 0.2) is 0 Å². The van der Waals surface area contributed by atoms with Crippen molar-refractivity contribution < 1.29 is 5.11 Å². The first-order valence-electron chi connectivity index (χ1n) is 6.58. The first-order valence-corrected chi connectivity index (χ1v) is 6.58. The SMILES string of the molecule is CC(O)C1CCN(CCCC(C)(C)C(=N)N)C1. The van der Waals surface area contributed by atoms with E-state index in [0.717, 1.165) is 38.9 Å². The molecule has 0 bridgehead atoms. The van der Waals surface area contributed by atoms with Crippen LogP contribution < -0.4 is 5.73 Å². The Morgan fingerprint density at radius 1 is 1.59 bits per heavy atom. The summed E-state index contributed by atoms with van der Waals surface area (Å²) < 4.78 is 0. The van der Waals surface area contributed by atoms with Crippen LogP contribution in [0.25, 0.3) is 0 Å². The van der Waals surface area contributed by atoms with Crippen LogP contribution in [0.3, 0.4) is 0 Å². The van der Waals surface area contributed by atoms with Crippen molar-refractivity contribution in [2.24, 2.45) is 17.1 Å². The van der Waals surface area contributed by atoms with Gasteiger partial charge >= 0.3 is 0 Å². The van der Waals surface area contributed by atoms with Crippen molar-refractivity contribution in [1.29, 1.82) is 5.41 Å². The molecule has 17 heavy (non-hydrogen) atoms. The van der Waals surface area contributed by atoms with Gasteiger partial charge in [0.05, 0.1) is 11.9 Å². The third-order valence-corrected chi connectivity index (χ3v) is 4.00. The average Bonchev–Trinajstić information content (AvgIpc) is 2.66. The zero-order valence-corrected chi connectivity index (χ0v) is 11.4. The number of amidine groups is 1. The van der Waals surface area contributed by atoms with Gasteiger partial charge in [-0.25, -0.2) is 0 Å². The highest BCUT2D eigenvalue weighted by molar-refractivity contribution is 5.82. The molecule has 0 saturated carbocycles. The smallest absolute Gasteiger partial charge is 0.0963 e. The van der Waals surface area contributed by atoms with E-state index in [0.29, 0.717) is 5.92 Å². The normalized spacial score (nSPS) is 23.9. The molecule has 1 heterocycles. The molecule has 1 aliphatic rings. The third kappa shape index (κ3) is 4.28. The monoisotopic (exact) mass is 241 g/mol. The van der Waals surface area contributed by atoms with Crippen LogP contribution in [0.2, 0.25) is 0 Å². The Bertz CT molecular complexity index is 263. The molecule has 1 saturated heterocycles. The molecule has 0 amide bonds. The lowest BCUT2D eigenvalue weighted by Crippen LogP contribution is -2.32. The molecular weight excluding hydrogens is 214 g/mol. The van der Waals surface area contributed by atoms with Gasteiger partial charge in [-0.05, 0) is 45.2 Å². The van der Waals surface area contributed by atoms with Gasteiger partial charge in [0.25, 0.3) is 0 Å². The Morgan fingerprint density at radius 3 is 2.71 bits per heavy atom. The van der Waals surface area contributed by atoms with Crippen LogP contribution in [0.5, 0.6) is 0 Å². The maximum Gasteiger partial charge on any atom is 0.0963 e. The summed E-state index contributed by atoms with van der Waals surface area (Å²) in [5, 5.41) is 17.0. The van der Waals surface area contributed by atoms with Crippen molar-refractivity contribution >= 4 is 5.84 Å². The van der Waals surface area contributed by atoms with Crippen molar-refractivity contribution in [3.05, 3.63) is 0 Å². The first-order chi connectivity index (χ1) is 7.83. The van der Waals surface area contributed by atoms with Crippen molar-refractivity contribution in [3.8, 4) is 0 Å². The highest BCUT2D eigenvalue weighted by Crippen LogP contribution is 2.24. The molecule has 4 nitrogen and oxygen atoms in total. The predicted octanol–water partition coefficient (Wildman–Crippen LogP) is 1.43. The number of aliphatic hydroxyl groups excluding tert-OH is 1. The molecule has 0 spiro atoms. The van der Waals surface area contributed by atoms with E-state index in [9.17, 15) is 5.11 Å². The Balaban J connectivity index is 2.23. The minimum Gasteiger partial charge on any atom is -0.393 e. The summed E-state index contributed by atoms with van der Waals surface area (Å²) in [6.07, 6.45) is 2.94. The van der Waals surface area contributed by atoms with Crippen LogP contribution in [0.1, 0.15) is 40.0 Å². The quantitative estimate of drug-likeness (QED) is 0.486. The minimum absolute atomic E-state index is 0.177. The second-order valence-electron chi connectivity index (χ2n) is 5.99. The van der Waals surface area contributed by atoms with E-state index in [4.69, 9.17) is 11.1 Å². The fourth-order valence-corrected chi connectivity index (χ4v) is 2.34. The van der Waals surface area contributed by atoms with Gasteiger partial charge in [-0.2, -0.15) is 0 Å². The molecule has 0 aromatic carbocycles. The number of rotatable bonds is 6. The Kier molecular flexibility index (Phi) is 4.95. The van der Waals surface area contributed by atoms with Gasteiger partial charge in [0, 0.05) is 12.0 Å². The number of nitrogens with zero attached hydrogens (tertiary/aromatic N) is 1. The largest absolute Gasteiger partial charge is 0.393 e. The number of hydrogen-bond donors (Lipinski definition) is 3. The summed E-state index contributed by atoms with van der Waals surface area (Å²) in [5.41, 5.74) is 5.39. The summed E-state index contributed by atoms with van der Waals surface area (Å²) in [7, 11) is 0. The van der Waals surface area contributed by atoms with Crippen LogP contribution in [0, 0.1) is 16.7 Å². The van der Waals surface area contributed by atoms with Crippen molar-refractivity contribution in [2.75, 3.05) is 19.6 Å². The van der Waals surface area contributed by atoms with E-state index >= 15 is 0 Å². The second-order valence-corrected chi connectivity index (χ2v) is 5.99. The first kappa shape index (κ1) is 14.5. The molecule has 1 fully saturated rings. The molecule has 2 unspecified atom stereocenters. The zero-order valence-electron chi connectivity index (χ0n) is 11.4. The van der Waals surface area contributed by atoms with Crippen molar-refractivity contribution in [3.63, 3.8) is 0 Å². The van der Waals surface area contributed by atoms with Gasteiger partial charge in [-0.1, -0.05) is 13.8 Å². The lowest BCUT2D eigenvalue weighted by molar-refractivity contribution is 0.127. The Morgan fingerprint density at radius 2 is 2.24 bits per heavy atom. The van der Waals surface area contributed by atoms with Crippen LogP contribution in [0.15, 0.2) is 0 Å². The summed E-state index contributed by atoms with van der Waals surface area (Å²) in [6.45, 7) is 9.09. The highest BCUT2D eigenvalue weighted by Gasteiger charge is 2.26. The Hall–Kier alpha value is -0.610. The highest BCUT2D eigenvalue weighted by atomic mass is 16.3. The third-order valence-electron chi connectivity index (χ3n) is 4.00. The fourth-order valence-electron chi connectivity index (χ4n) is 2.34. The maximum absolute atomic E-state index is 9.53. The zero-order chi connectivity index (χ0) is 13.1. The summed E-state index contributed by atoms with van der Waals surface area (Å²) in [6, 6.07) is 0. The van der Waals surface area contributed by atoms with Gasteiger partial charge in [-0.3, -0.25) is 5.41 Å². The van der Waals surface area contributed by atoms with Crippen LogP contribution in [-0.4, -0.2) is 41.6 Å². The fraction of sp³-hybridized carbons (Fsp3) is 0.923. The number of nitrogens with two attached hydrogens (primary N) is 1. The standard InChI is InChI=1S/C13H27N3O/c1-10(17)11-5-8-16(9-11)7-4-6-13(2,3)12(14)15/h10-11,17H,4-9H2,1-3H3,(H3,14,15). The average molecular weight is 241 g/mol. The maximum atomic E-state index is 9.53. The van der Waals surface area contributed by atoms with E-state index < -0.39 is 0 Å². The van der Waals surface area contributed by atoms with E-state index in [2.05, 4.69) is 4.90 Å². The molecule has 1 aliphatic heterocycles.